The molecule has 1 aromatic heterocycles. The number of ether oxygens (including phenoxy) is 1. The maximum Gasteiger partial charge on any atom is 0.122 e. The second-order valence-corrected chi connectivity index (χ2v) is 7.97. The van der Waals surface area contributed by atoms with Crippen molar-refractivity contribution in [3.8, 4) is 5.75 Å². The monoisotopic (exact) mass is 393 g/mol. The van der Waals surface area contributed by atoms with E-state index in [0.717, 1.165) is 30.8 Å². The molecular formula is C24H31N3O2. The predicted octanol–water partition coefficient (Wildman–Crippen LogP) is 4.11. The van der Waals surface area contributed by atoms with Crippen LogP contribution in [0.5, 0.6) is 5.75 Å². The third-order valence-electron chi connectivity index (χ3n) is 5.81. The number of aryl methyl sites for hydroxylation is 1. The van der Waals surface area contributed by atoms with Crippen LogP contribution in [0.2, 0.25) is 0 Å². The van der Waals surface area contributed by atoms with Gasteiger partial charge in [-0.05, 0) is 55.5 Å². The number of benzene rings is 2. The van der Waals surface area contributed by atoms with Crippen molar-refractivity contribution in [2.24, 2.45) is 0 Å². The van der Waals surface area contributed by atoms with Crippen molar-refractivity contribution in [2.75, 3.05) is 19.7 Å². The lowest BCUT2D eigenvalue weighted by molar-refractivity contribution is 0.105. The van der Waals surface area contributed by atoms with Gasteiger partial charge in [-0.3, -0.25) is 0 Å². The van der Waals surface area contributed by atoms with E-state index in [4.69, 9.17) is 4.74 Å². The Morgan fingerprint density at radius 3 is 2.79 bits per heavy atom. The van der Waals surface area contributed by atoms with E-state index in [0.29, 0.717) is 19.1 Å². The first kappa shape index (κ1) is 19.9. The van der Waals surface area contributed by atoms with E-state index >= 15 is 0 Å². The molecule has 2 N–H and O–H groups in total. The number of hydrogen-bond donors (Lipinski definition) is 2. The van der Waals surface area contributed by atoms with Crippen molar-refractivity contribution in [1.29, 1.82) is 0 Å². The van der Waals surface area contributed by atoms with Gasteiger partial charge in [0.25, 0.3) is 0 Å². The molecule has 1 aliphatic rings. The van der Waals surface area contributed by atoms with E-state index < -0.39 is 6.10 Å². The largest absolute Gasteiger partial charge is 0.491 e. The highest BCUT2D eigenvalue weighted by molar-refractivity contribution is 5.74. The van der Waals surface area contributed by atoms with Crippen LogP contribution in [0, 0.1) is 0 Å². The van der Waals surface area contributed by atoms with Gasteiger partial charge in [0.1, 0.15) is 18.5 Å². The summed E-state index contributed by atoms with van der Waals surface area (Å²) in [6.07, 6.45) is 7.47. The van der Waals surface area contributed by atoms with Gasteiger partial charge in [-0.1, -0.05) is 43.2 Å². The summed E-state index contributed by atoms with van der Waals surface area (Å²) in [6.45, 7) is 2.62. The van der Waals surface area contributed by atoms with Gasteiger partial charge in [0, 0.05) is 13.1 Å². The molecule has 1 heterocycles. The van der Waals surface area contributed by atoms with Crippen LogP contribution < -0.4 is 10.1 Å². The number of para-hydroxylation sites is 3. The quantitative estimate of drug-likeness (QED) is 0.509. The maximum atomic E-state index is 10.3. The fraction of sp³-hybridized carbons (Fsp3) is 0.458. The second-order valence-electron chi connectivity index (χ2n) is 7.97. The summed E-state index contributed by atoms with van der Waals surface area (Å²) >= 11 is 0. The third-order valence-corrected chi connectivity index (χ3v) is 5.81. The smallest absolute Gasteiger partial charge is 0.122 e. The SMILES string of the molecule is OC(CNCCCn1cnc2ccccc21)COc1ccccc1C1CCCC1. The molecule has 29 heavy (non-hydrogen) atoms. The average molecular weight is 394 g/mol. The summed E-state index contributed by atoms with van der Waals surface area (Å²) < 4.78 is 8.15. The Kier molecular flexibility index (Phi) is 6.80. The Morgan fingerprint density at radius 2 is 1.90 bits per heavy atom. The zero-order valence-corrected chi connectivity index (χ0v) is 17.0. The van der Waals surface area contributed by atoms with Crippen LogP contribution in [0.1, 0.15) is 43.6 Å². The Balaban J connectivity index is 1.17. The van der Waals surface area contributed by atoms with Crippen LogP contribution in [0.25, 0.3) is 11.0 Å². The van der Waals surface area contributed by atoms with E-state index in [9.17, 15) is 5.11 Å². The highest BCUT2D eigenvalue weighted by Gasteiger charge is 2.20. The number of aromatic nitrogens is 2. The van der Waals surface area contributed by atoms with Crippen LogP contribution in [-0.4, -0.2) is 40.5 Å². The van der Waals surface area contributed by atoms with Gasteiger partial charge in [-0.2, -0.15) is 0 Å². The van der Waals surface area contributed by atoms with Crippen LogP contribution in [0.4, 0.5) is 0 Å². The Morgan fingerprint density at radius 1 is 1.10 bits per heavy atom. The number of fused-ring (bicyclic) bond motifs is 1. The molecular weight excluding hydrogens is 362 g/mol. The summed E-state index contributed by atoms with van der Waals surface area (Å²) in [5.41, 5.74) is 3.51. The molecule has 1 atom stereocenters. The summed E-state index contributed by atoms with van der Waals surface area (Å²) in [4.78, 5) is 4.42. The molecule has 5 nitrogen and oxygen atoms in total. The van der Waals surface area contributed by atoms with Crippen LogP contribution in [0.3, 0.4) is 0 Å². The first-order valence-electron chi connectivity index (χ1n) is 10.8. The fourth-order valence-electron chi connectivity index (χ4n) is 4.26. The summed E-state index contributed by atoms with van der Waals surface area (Å²) in [5.74, 6) is 1.55. The first-order valence-corrected chi connectivity index (χ1v) is 10.8. The number of aliphatic hydroxyl groups is 1. The maximum absolute atomic E-state index is 10.3. The highest BCUT2D eigenvalue weighted by Crippen LogP contribution is 2.38. The van der Waals surface area contributed by atoms with E-state index in [1.165, 1.54) is 36.8 Å². The van der Waals surface area contributed by atoms with Crippen LogP contribution >= 0.6 is 0 Å². The number of nitrogens with zero attached hydrogens (tertiary/aromatic N) is 2. The molecule has 4 rings (SSSR count). The normalized spacial score (nSPS) is 15.8. The molecule has 0 saturated heterocycles. The summed E-state index contributed by atoms with van der Waals surface area (Å²) in [6, 6.07) is 16.5. The molecule has 1 aliphatic carbocycles. The minimum atomic E-state index is -0.513. The van der Waals surface area contributed by atoms with Gasteiger partial charge in [-0.15, -0.1) is 0 Å². The Labute approximate surface area is 172 Å². The molecule has 0 bridgehead atoms. The van der Waals surface area contributed by atoms with Crippen LogP contribution in [-0.2, 0) is 6.54 Å². The molecule has 0 radical (unpaired) electrons. The first-order chi connectivity index (χ1) is 14.3. The van der Waals surface area contributed by atoms with E-state index in [1.54, 1.807) is 0 Å². The number of aliphatic hydroxyl groups excluding tert-OH is 1. The van der Waals surface area contributed by atoms with Crippen molar-refractivity contribution in [2.45, 2.75) is 50.7 Å². The van der Waals surface area contributed by atoms with Gasteiger partial charge in [0.05, 0.1) is 17.4 Å². The Bertz CT molecular complexity index is 902. The lowest BCUT2D eigenvalue weighted by Crippen LogP contribution is -2.32. The summed E-state index contributed by atoms with van der Waals surface area (Å²) in [5, 5.41) is 13.6. The molecule has 0 amide bonds. The number of hydrogen-bond acceptors (Lipinski definition) is 4. The molecule has 3 aromatic rings. The Hall–Kier alpha value is -2.37. The molecule has 2 aromatic carbocycles. The number of rotatable bonds is 10. The zero-order valence-electron chi connectivity index (χ0n) is 17.0. The van der Waals surface area contributed by atoms with Gasteiger partial charge >= 0.3 is 0 Å². The molecule has 0 aliphatic heterocycles. The molecule has 1 unspecified atom stereocenters. The molecule has 154 valence electrons. The second kappa shape index (κ2) is 9.90. The minimum absolute atomic E-state index is 0.322. The standard InChI is InChI=1S/C24H31N3O2/c28-20(17-29-24-13-6-3-10-21(24)19-8-1-2-9-19)16-25-14-7-15-27-18-26-22-11-4-5-12-23(22)27/h3-6,10-13,18-20,25,28H,1-2,7-9,14-17H2. The van der Waals surface area contributed by atoms with Gasteiger partial charge in [0.15, 0.2) is 0 Å². The van der Waals surface area contributed by atoms with Gasteiger partial charge < -0.3 is 19.7 Å². The van der Waals surface area contributed by atoms with Gasteiger partial charge in [-0.25, -0.2) is 4.98 Å². The van der Waals surface area contributed by atoms with Crippen LogP contribution in [0.15, 0.2) is 54.9 Å². The van der Waals surface area contributed by atoms with Crippen molar-refractivity contribution in [3.05, 3.63) is 60.4 Å². The van der Waals surface area contributed by atoms with Crippen molar-refractivity contribution < 1.29 is 9.84 Å². The molecule has 0 spiro atoms. The number of imidazole rings is 1. The molecule has 1 fully saturated rings. The van der Waals surface area contributed by atoms with E-state index in [1.807, 2.05) is 36.7 Å². The zero-order chi connectivity index (χ0) is 19.9. The van der Waals surface area contributed by atoms with E-state index in [2.05, 4.69) is 33.1 Å². The number of nitrogens with one attached hydrogen (secondary N) is 1. The average Bonchev–Trinajstić information content (AvgIpc) is 3.43. The van der Waals surface area contributed by atoms with Crippen molar-refractivity contribution >= 4 is 11.0 Å². The lowest BCUT2D eigenvalue weighted by Gasteiger charge is -2.18. The van der Waals surface area contributed by atoms with Gasteiger partial charge in [0.2, 0.25) is 0 Å². The lowest BCUT2D eigenvalue weighted by atomic mass is 9.97. The molecule has 5 heteroatoms. The van der Waals surface area contributed by atoms with Crippen molar-refractivity contribution in [3.63, 3.8) is 0 Å². The predicted molar refractivity (Wildman–Crippen MR) is 116 cm³/mol. The summed E-state index contributed by atoms with van der Waals surface area (Å²) in [7, 11) is 0. The third kappa shape index (κ3) is 5.17. The van der Waals surface area contributed by atoms with E-state index in [-0.39, 0.29) is 0 Å². The fourth-order valence-corrected chi connectivity index (χ4v) is 4.26. The minimum Gasteiger partial charge on any atom is -0.491 e. The van der Waals surface area contributed by atoms with Crippen molar-refractivity contribution in [1.82, 2.24) is 14.9 Å². The molecule has 1 saturated carbocycles. The topological polar surface area (TPSA) is 59.3 Å². The highest BCUT2D eigenvalue weighted by atomic mass is 16.5.